The van der Waals surface area contributed by atoms with E-state index >= 15 is 0 Å². The van der Waals surface area contributed by atoms with Gasteiger partial charge < -0.3 is 10.6 Å². The highest BCUT2D eigenvalue weighted by Crippen LogP contribution is 2.25. The smallest absolute Gasteiger partial charge is 0.227 e. The highest BCUT2D eigenvalue weighted by atomic mass is 16.2. The van der Waals surface area contributed by atoms with Gasteiger partial charge in [-0.2, -0.15) is 0 Å². The maximum Gasteiger partial charge on any atom is 0.227 e. The van der Waals surface area contributed by atoms with E-state index in [1.54, 1.807) is 4.90 Å². The summed E-state index contributed by atoms with van der Waals surface area (Å²) in [6.45, 7) is 3.03. The summed E-state index contributed by atoms with van der Waals surface area (Å²) in [4.78, 5) is 25.7. The number of nitrogens with zero attached hydrogens (tertiary/aromatic N) is 1. The Kier molecular flexibility index (Phi) is 3.84. The van der Waals surface area contributed by atoms with E-state index in [0.29, 0.717) is 19.5 Å². The first-order chi connectivity index (χ1) is 10.6. The van der Waals surface area contributed by atoms with Crippen LogP contribution in [-0.4, -0.2) is 29.8 Å². The van der Waals surface area contributed by atoms with Gasteiger partial charge in [-0.15, -0.1) is 0 Å². The summed E-state index contributed by atoms with van der Waals surface area (Å²) in [5.41, 5.74) is 6.43. The van der Waals surface area contributed by atoms with Crippen LogP contribution in [0.25, 0.3) is 10.8 Å². The lowest BCUT2D eigenvalue weighted by molar-refractivity contribution is -0.129. The quantitative estimate of drug-likeness (QED) is 0.941. The van der Waals surface area contributed by atoms with Gasteiger partial charge in [0.05, 0.1) is 12.3 Å². The van der Waals surface area contributed by atoms with Crippen molar-refractivity contribution in [1.82, 2.24) is 4.90 Å². The standard InChI is InChI=1S/C18H20N2O2/c1-12-10-20(11-16(12)18(19)22)17(21)9-14-7-4-6-13-5-2-3-8-15(13)14/h2-8,12,16H,9-11H2,1H3,(H2,19,22)/t12-,16-/m1/s1. The van der Waals surface area contributed by atoms with Gasteiger partial charge in [-0.05, 0) is 22.3 Å². The monoisotopic (exact) mass is 296 g/mol. The Bertz CT molecular complexity index is 721. The lowest BCUT2D eigenvalue weighted by Gasteiger charge is -2.16. The van der Waals surface area contributed by atoms with E-state index in [-0.39, 0.29) is 23.7 Å². The first-order valence-electron chi connectivity index (χ1n) is 7.60. The second kappa shape index (κ2) is 5.79. The molecule has 2 N–H and O–H groups in total. The summed E-state index contributed by atoms with van der Waals surface area (Å²) in [5, 5.41) is 2.25. The van der Waals surface area contributed by atoms with Gasteiger partial charge in [-0.3, -0.25) is 9.59 Å². The zero-order valence-electron chi connectivity index (χ0n) is 12.7. The number of rotatable bonds is 3. The Labute approximate surface area is 129 Å². The van der Waals surface area contributed by atoms with Crippen LogP contribution in [0.3, 0.4) is 0 Å². The molecule has 0 aromatic heterocycles. The van der Waals surface area contributed by atoms with Crippen molar-refractivity contribution in [2.24, 2.45) is 17.6 Å². The highest BCUT2D eigenvalue weighted by Gasteiger charge is 2.35. The molecule has 114 valence electrons. The van der Waals surface area contributed by atoms with Crippen LogP contribution in [0.15, 0.2) is 42.5 Å². The van der Waals surface area contributed by atoms with Crippen LogP contribution < -0.4 is 5.73 Å². The van der Waals surface area contributed by atoms with Gasteiger partial charge in [0.1, 0.15) is 0 Å². The van der Waals surface area contributed by atoms with E-state index in [0.717, 1.165) is 16.3 Å². The molecule has 4 nitrogen and oxygen atoms in total. The minimum atomic E-state index is -0.312. The molecule has 2 aromatic carbocycles. The fourth-order valence-electron chi connectivity index (χ4n) is 3.26. The molecule has 1 saturated heterocycles. The average molecular weight is 296 g/mol. The summed E-state index contributed by atoms with van der Waals surface area (Å²) in [7, 11) is 0. The molecule has 2 amide bonds. The van der Waals surface area contributed by atoms with Crippen molar-refractivity contribution in [2.45, 2.75) is 13.3 Å². The van der Waals surface area contributed by atoms with E-state index in [2.05, 4.69) is 0 Å². The van der Waals surface area contributed by atoms with E-state index in [4.69, 9.17) is 5.73 Å². The Morgan fingerprint density at radius 3 is 2.59 bits per heavy atom. The molecule has 0 unspecified atom stereocenters. The Hall–Kier alpha value is -2.36. The molecule has 0 radical (unpaired) electrons. The zero-order chi connectivity index (χ0) is 15.7. The van der Waals surface area contributed by atoms with Crippen LogP contribution >= 0.6 is 0 Å². The first kappa shape index (κ1) is 14.6. The van der Waals surface area contributed by atoms with E-state index < -0.39 is 0 Å². The van der Waals surface area contributed by atoms with Crippen LogP contribution in [0.5, 0.6) is 0 Å². The van der Waals surface area contributed by atoms with E-state index in [1.165, 1.54) is 0 Å². The van der Waals surface area contributed by atoms with Crippen molar-refractivity contribution in [3.05, 3.63) is 48.0 Å². The first-order valence-corrected chi connectivity index (χ1v) is 7.60. The summed E-state index contributed by atoms with van der Waals surface area (Å²) in [5.74, 6) is -0.342. The molecule has 0 spiro atoms. The molecule has 4 heteroatoms. The average Bonchev–Trinajstić information content (AvgIpc) is 2.90. The molecule has 2 atom stereocenters. The van der Waals surface area contributed by atoms with Crippen LogP contribution in [-0.2, 0) is 16.0 Å². The van der Waals surface area contributed by atoms with Crippen molar-refractivity contribution in [3.63, 3.8) is 0 Å². The molecular formula is C18H20N2O2. The largest absolute Gasteiger partial charge is 0.369 e. The van der Waals surface area contributed by atoms with Crippen molar-refractivity contribution in [1.29, 1.82) is 0 Å². The molecule has 1 aliphatic rings. The number of fused-ring (bicyclic) bond motifs is 1. The minimum absolute atomic E-state index is 0.0620. The Balaban J connectivity index is 1.78. The third-order valence-corrected chi connectivity index (χ3v) is 4.55. The normalized spacial score (nSPS) is 21.2. The maximum absolute atomic E-state index is 12.5. The molecule has 22 heavy (non-hydrogen) atoms. The van der Waals surface area contributed by atoms with Crippen LogP contribution in [0.2, 0.25) is 0 Å². The molecule has 1 heterocycles. The summed E-state index contributed by atoms with van der Waals surface area (Å²) in [6.07, 6.45) is 0.361. The summed E-state index contributed by atoms with van der Waals surface area (Å²) < 4.78 is 0. The number of carbonyl (C=O) groups excluding carboxylic acids is 2. The number of likely N-dealkylation sites (tertiary alicyclic amines) is 1. The van der Waals surface area contributed by atoms with Crippen LogP contribution in [0, 0.1) is 11.8 Å². The van der Waals surface area contributed by atoms with Crippen LogP contribution in [0.1, 0.15) is 12.5 Å². The van der Waals surface area contributed by atoms with Gasteiger partial charge in [0.15, 0.2) is 0 Å². The topological polar surface area (TPSA) is 63.4 Å². The van der Waals surface area contributed by atoms with Crippen molar-refractivity contribution >= 4 is 22.6 Å². The van der Waals surface area contributed by atoms with Gasteiger partial charge in [0.2, 0.25) is 11.8 Å². The molecule has 1 fully saturated rings. The third kappa shape index (κ3) is 2.69. The molecule has 1 aliphatic heterocycles. The van der Waals surface area contributed by atoms with Crippen molar-refractivity contribution in [3.8, 4) is 0 Å². The molecule has 0 bridgehead atoms. The molecule has 3 rings (SSSR count). The number of hydrogen-bond donors (Lipinski definition) is 1. The van der Waals surface area contributed by atoms with Gasteiger partial charge >= 0.3 is 0 Å². The van der Waals surface area contributed by atoms with Gasteiger partial charge in [0, 0.05) is 13.1 Å². The molecule has 0 aliphatic carbocycles. The number of hydrogen-bond acceptors (Lipinski definition) is 2. The molecule has 2 aromatic rings. The number of benzene rings is 2. The second-order valence-electron chi connectivity index (χ2n) is 6.10. The number of primary amides is 1. The van der Waals surface area contributed by atoms with Gasteiger partial charge in [-0.25, -0.2) is 0 Å². The molecular weight excluding hydrogens is 276 g/mol. The van der Waals surface area contributed by atoms with Gasteiger partial charge in [-0.1, -0.05) is 49.4 Å². The highest BCUT2D eigenvalue weighted by molar-refractivity contribution is 5.90. The fourth-order valence-corrected chi connectivity index (χ4v) is 3.26. The third-order valence-electron chi connectivity index (χ3n) is 4.55. The minimum Gasteiger partial charge on any atom is -0.369 e. The van der Waals surface area contributed by atoms with Crippen LogP contribution in [0.4, 0.5) is 0 Å². The summed E-state index contributed by atoms with van der Waals surface area (Å²) >= 11 is 0. The predicted molar refractivity (Wildman–Crippen MR) is 86.1 cm³/mol. The van der Waals surface area contributed by atoms with Gasteiger partial charge in [0.25, 0.3) is 0 Å². The van der Waals surface area contributed by atoms with Crippen molar-refractivity contribution < 1.29 is 9.59 Å². The fraction of sp³-hybridized carbons (Fsp3) is 0.333. The number of nitrogens with two attached hydrogens (primary N) is 1. The van der Waals surface area contributed by atoms with E-state index in [9.17, 15) is 9.59 Å². The van der Waals surface area contributed by atoms with Crippen molar-refractivity contribution in [2.75, 3.05) is 13.1 Å². The zero-order valence-corrected chi connectivity index (χ0v) is 12.7. The number of carbonyl (C=O) groups is 2. The van der Waals surface area contributed by atoms with E-state index in [1.807, 2.05) is 49.4 Å². The number of amides is 2. The molecule has 0 saturated carbocycles. The maximum atomic E-state index is 12.5. The lowest BCUT2D eigenvalue weighted by atomic mass is 9.98. The lowest BCUT2D eigenvalue weighted by Crippen LogP contribution is -2.32. The SMILES string of the molecule is C[C@@H]1CN(C(=O)Cc2cccc3ccccc23)C[C@H]1C(N)=O. The predicted octanol–water partition coefficient (Wildman–Crippen LogP) is 1.96. The Morgan fingerprint density at radius 2 is 1.86 bits per heavy atom. The Morgan fingerprint density at radius 1 is 1.14 bits per heavy atom. The summed E-state index contributed by atoms with van der Waals surface area (Å²) in [6, 6.07) is 14.1. The second-order valence-corrected chi connectivity index (χ2v) is 6.10.